The van der Waals surface area contributed by atoms with Crippen LogP contribution in [-0.2, 0) is 13.6 Å². The van der Waals surface area contributed by atoms with Gasteiger partial charge in [0.15, 0.2) is 5.11 Å². The standard InChI is InChI=1S/C10H17ClN4S/c1-7(2)4-12-10(16)13-6-9-8(11)5-14-15(9)3/h5,7H,4,6H2,1-3H3,(H2,12,13,16). The SMILES string of the molecule is CC(C)CNC(=S)NCc1c(Cl)cnn1C. The lowest BCUT2D eigenvalue weighted by Crippen LogP contribution is -2.37. The summed E-state index contributed by atoms with van der Waals surface area (Å²) >= 11 is 11.1. The van der Waals surface area contributed by atoms with Gasteiger partial charge in [0.25, 0.3) is 0 Å². The number of nitrogens with zero attached hydrogens (tertiary/aromatic N) is 2. The van der Waals surface area contributed by atoms with Gasteiger partial charge in [-0.25, -0.2) is 0 Å². The van der Waals surface area contributed by atoms with Crippen LogP contribution >= 0.6 is 23.8 Å². The fraction of sp³-hybridized carbons (Fsp3) is 0.600. The summed E-state index contributed by atoms with van der Waals surface area (Å²) in [6.45, 7) is 5.71. The second-order valence-corrected chi connectivity index (χ2v) is 4.84. The summed E-state index contributed by atoms with van der Waals surface area (Å²) < 4.78 is 1.74. The van der Waals surface area contributed by atoms with E-state index < -0.39 is 0 Å². The van der Waals surface area contributed by atoms with Crippen molar-refractivity contribution >= 4 is 28.9 Å². The molecule has 16 heavy (non-hydrogen) atoms. The van der Waals surface area contributed by atoms with E-state index in [4.69, 9.17) is 23.8 Å². The van der Waals surface area contributed by atoms with E-state index >= 15 is 0 Å². The summed E-state index contributed by atoms with van der Waals surface area (Å²) in [5.74, 6) is 0.569. The molecule has 0 aliphatic carbocycles. The molecule has 0 atom stereocenters. The normalized spacial score (nSPS) is 10.6. The van der Waals surface area contributed by atoms with Crippen molar-refractivity contribution in [2.24, 2.45) is 13.0 Å². The molecule has 0 fully saturated rings. The highest BCUT2D eigenvalue weighted by Gasteiger charge is 2.06. The number of halogens is 1. The molecule has 4 nitrogen and oxygen atoms in total. The molecular weight excluding hydrogens is 244 g/mol. The average Bonchev–Trinajstić information content (AvgIpc) is 2.53. The molecule has 0 radical (unpaired) electrons. The molecule has 6 heteroatoms. The van der Waals surface area contributed by atoms with Crippen molar-refractivity contribution in [3.8, 4) is 0 Å². The van der Waals surface area contributed by atoms with Crippen molar-refractivity contribution in [2.75, 3.05) is 6.54 Å². The second-order valence-electron chi connectivity index (χ2n) is 4.02. The summed E-state index contributed by atoms with van der Waals surface area (Å²) in [5, 5.41) is 11.6. The van der Waals surface area contributed by atoms with Gasteiger partial charge in [-0.15, -0.1) is 0 Å². The van der Waals surface area contributed by atoms with Crippen LogP contribution < -0.4 is 10.6 Å². The van der Waals surface area contributed by atoms with Gasteiger partial charge in [0.05, 0.1) is 23.5 Å². The molecule has 0 saturated carbocycles. The fourth-order valence-electron chi connectivity index (χ4n) is 1.16. The number of rotatable bonds is 4. The minimum atomic E-state index is 0.569. The third kappa shape index (κ3) is 3.98. The Morgan fingerprint density at radius 2 is 2.25 bits per heavy atom. The zero-order chi connectivity index (χ0) is 12.1. The Hall–Kier alpha value is -0.810. The molecule has 90 valence electrons. The molecule has 0 aliphatic heterocycles. The first-order valence-corrected chi connectivity index (χ1v) is 5.97. The molecule has 0 amide bonds. The summed E-state index contributed by atoms with van der Waals surface area (Å²) in [5.41, 5.74) is 0.926. The van der Waals surface area contributed by atoms with E-state index in [0.717, 1.165) is 12.2 Å². The minimum absolute atomic E-state index is 0.569. The highest BCUT2D eigenvalue weighted by Crippen LogP contribution is 2.13. The highest BCUT2D eigenvalue weighted by atomic mass is 35.5. The van der Waals surface area contributed by atoms with E-state index in [0.29, 0.717) is 22.6 Å². The second kappa shape index (κ2) is 6.06. The topological polar surface area (TPSA) is 41.9 Å². The average molecular weight is 261 g/mol. The third-order valence-electron chi connectivity index (χ3n) is 2.10. The zero-order valence-corrected chi connectivity index (χ0v) is 11.3. The Balaban J connectivity index is 2.37. The van der Waals surface area contributed by atoms with Crippen LogP contribution in [0.5, 0.6) is 0 Å². The van der Waals surface area contributed by atoms with Crippen LogP contribution in [0.15, 0.2) is 6.20 Å². The Morgan fingerprint density at radius 3 is 2.75 bits per heavy atom. The van der Waals surface area contributed by atoms with Crippen molar-refractivity contribution in [3.05, 3.63) is 16.9 Å². The van der Waals surface area contributed by atoms with Gasteiger partial charge >= 0.3 is 0 Å². The van der Waals surface area contributed by atoms with Crippen LogP contribution in [-0.4, -0.2) is 21.4 Å². The quantitative estimate of drug-likeness (QED) is 0.809. The van der Waals surface area contributed by atoms with E-state index in [1.807, 2.05) is 7.05 Å². The monoisotopic (exact) mass is 260 g/mol. The summed E-state index contributed by atoms with van der Waals surface area (Å²) in [4.78, 5) is 0. The first-order chi connectivity index (χ1) is 7.50. The van der Waals surface area contributed by atoms with Gasteiger partial charge in [0, 0.05) is 13.6 Å². The number of hydrogen-bond donors (Lipinski definition) is 2. The van der Waals surface area contributed by atoms with Crippen molar-refractivity contribution < 1.29 is 0 Å². The molecule has 1 rings (SSSR count). The van der Waals surface area contributed by atoms with Gasteiger partial charge in [-0.1, -0.05) is 25.4 Å². The summed E-state index contributed by atoms with van der Waals surface area (Å²) in [6, 6.07) is 0. The number of nitrogens with one attached hydrogen (secondary N) is 2. The molecule has 1 aromatic heterocycles. The predicted molar refractivity (Wildman–Crippen MR) is 70.5 cm³/mol. The predicted octanol–water partition coefficient (Wildman–Crippen LogP) is 1.69. The lowest BCUT2D eigenvalue weighted by Gasteiger charge is -2.12. The summed E-state index contributed by atoms with van der Waals surface area (Å²) in [6.07, 6.45) is 1.63. The van der Waals surface area contributed by atoms with Crippen LogP contribution in [0, 0.1) is 5.92 Å². The van der Waals surface area contributed by atoms with Crippen LogP contribution in [0.4, 0.5) is 0 Å². The van der Waals surface area contributed by atoms with Gasteiger partial charge in [-0.05, 0) is 18.1 Å². The maximum absolute atomic E-state index is 5.97. The van der Waals surface area contributed by atoms with Gasteiger partial charge < -0.3 is 10.6 Å². The Morgan fingerprint density at radius 1 is 1.56 bits per heavy atom. The van der Waals surface area contributed by atoms with E-state index in [9.17, 15) is 0 Å². The third-order valence-corrected chi connectivity index (χ3v) is 2.70. The molecule has 0 aliphatic rings. The highest BCUT2D eigenvalue weighted by molar-refractivity contribution is 7.80. The van der Waals surface area contributed by atoms with Gasteiger partial charge in [0.2, 0.25) is 0 Å². The Kier molecular flexibility index (Phi) is 5.02. The first kappa shape index (κ1) is 13.3. The van der Waals surface area contributed by atoms with Gasteiger partial charge in [-0.2, -0.15) is 5.10 Å². The smallest absolute Gasteiger partial charge is 0.166 e. The lowest BCUT2D eigenvalue weighted by molar-refractivity contribution is 0.616. The molecule has 0 saturated heterocycles. The maximum atomic E-state index is 5.97. The molecular formula is C10H17ClN4S. The van der Waals surface area contributed by atoms with Gasteiger partial charge in [0.1, 0.15) is 0 Å². The van der Waals surface area contributed by atoms with Crippen LogP contribution in [0.1, 0.15) is 19.5 Å². The fourth-order valence-corrected chi connectivity index (χ4v) is 1.55. The van der Waals surface area contributed by atoms with Crippen LogP contribution in [0.25, 0.3) is 0 Å². The number of thiocarbonyl (C=S) groups is 1. The van der Waals surface area contributed by atoms with E-state index in [1.165, 1.54) is 0 Å². The molecule has 0 aromatic carbocycles. The van der Waals surface area contributed by atoms with E-state index in [2.05, 4.69) is 29.6 Å². The first-order valence-electron chi connectivity index (χ1n) is 5.18. The largest absolute Gasteiger partial charge is 0.362 e. The molecule has 0 unspecified atom stereocenters. The van der Waals surface area contributed by atoms with Crippen molar-refractivity contribution in [2.45, 2.75) is 20.4 Å². The van der Waals surface area contributed by atoms with E-state index in [-0.39, 0.29) is 0 Å². The zero-order valence-electron chi connectivity index (χ0n) is 9.75. The molecule has 0 bridgehead atoms. The molecule has 1 heterocycles. The lowest BCUT2D eigenvalue weighted by atomic mass is 10.2. The van der Waals surface area contributed by atoms with Crippen molar-refractivity contribution in [1.82, 2.24) is 20.4 Å². The summed E-state index contributed by atoms with van der Waals surface area (Å²) in [7, 11) is 1.85. The minimum Gasteiger partial charge on any atom is -0.362 e. The van der Waals surface area contributed by atoms with Crippen LogP contribution in [0.3, 0.4) is 0 Å². The van der Waals surface area contributed by atoms with Crippen molar-refractivity contribution in [1.29, 1.82) is 0 Å². The maximum Gasteiger partial charge on any atom is 0.166 e. The molecule has 1 aromatic rings. The number of aryl methyl sites for hydroxylation is 1. The molecule has 2 N–H and O–H groups in total. The van der Waals surface area contributed by atoms with Gasteiger partial charge in [-0.3, -0.25) is 4.68 Å². The van der Waals surface area contributed by atoms with Crippen molar-refractivity contribution in [3.63, 3.8) is 0 Å². The Bertz CT molecular complexity index is 342. The van der Waals surface area contributed by atoms with E-state index in [1.54, 1.807) is 10.9 Å². The molecule has 0 spiro atoms. The number of aromatic nitrogens is 2. The number of hydrogen-bond acceptors (Lipinski definition) is 2. The Labute approximate surface area is 106 Å². The van der Waals surface area contributed by atoms with Crippen LogP contribution in [0.2, 0.25) is 5.02 Å².